The number of carbonyl (C=O) groups is 4. The van der Waals surface area contributed by atoms with Gasteiger partial charge in [-0.3, -0.25) is 19.3 Å². The van der Waals surface area contributed by atoms with Gasteiger partial charge in [0, 0.05) is 23.4 Å². The zero-order chi connectivity index (χ0) is 27.7. The van der Waals surface area contributed by atoms with Gasteiger partial charge in [-0.2, -0.15) is 0 Å². The van der Waals surface area contributed by atoms with Gasteiger partial charge in [-0.1, -0.05) is 54.6 Å². The maximum absolute atomic E-state index is 14.4. The number of hydrogen-bond donors (Lipinski definition) is 0. The van der Waals surface area contributed by atoms with E-state index in [2.05, 4.69) is 0 Å². The molecule has 196 valence electrons. The van der Waals surface area contributed by atoms with Crippen LogP contribution in [0.3, 0.4) is 0 Å². The zero-order valence-electron chi connectivity index (χ0n) is 21.4. The number of aromatic nitrogens is 1. The summed E-state index contributed by atoms with van der Waals surface area (Å²) in [5.74, 6) is -2.97. The molecule has 1 aliphatic heterocycles. The van der Waals surface area contributed by atoms with Gasteiger partial charge >= 0.3 is 5.97 Å². The first-order valence-corrected chi connectivity index (χ1v) is 12.4. The van der Waals surface area contributed by atoms with E-state index in [0.29, 0.717) is 17.1 Å². The molecule has 0 fully saturated rings. The molecule has 8 heteroatoms. The standard InChI is InChI=1S/C31H25FN2O5/c1-19-16-24(20(2)33(19)26-15-9-8-14-25(26)32)28(35)18-39-31(38)27(17-21-10-4-3-5-11-21)34-29(36)22-12-6-7-13-23(22)30(34)37/h3-16,27H,17-18H2,1-2H3/t27-/m0/s1. The maximum atomic E-state index is 14.4. The molecule has 2 amide bonds. The van der Waals surface area contributed by atoms with Gasteiger partial charge < -0.3 is 9.30 Å². The smallest absolute Gasteiger partial charge is 0.330 e. The van der Waals surface area contributed by atoms with Crippen molar-refractivity contribution in [1.29, 1.82) is 0 Å². The van der Waals surface area contributed by atoms with Crippen LogP contribution in [0.15, 0.2) is 84.9 Å². The fourth-order valence-corrected chi connectivity index (χ4v) is 4.97. The fourth-order valence-electron chi connectivity index (χ4n) is 4.97. The van der Waals surface area contributed by atoms with Crippen LogP contribution in [0.5, 0.6) is 0 Å². The van der Waals surface area contributed by atoms with Crippen molar-refractivity contribution in [3.63, 3.8) is 0 Å². The molecular weight excluding hydrogens is 499 g/mol. The summed E-state index contributed by atoms with van der Waals surface area (Å²) in [6.07, 6.45) is 0.0289. The van der Waals surface area contributed by atoms with Crippen molar-refractivity contribution in [3.05, 3.63) is 124 Å². The van der Waals surface area contributed by atoms with Crippen LogP contribution in [0.1, 0.15) is 48.0 Å². The molecule has 1 atom stereocenters. The number of hydrogen-bond acceptors (Lipinski definition) is 5. The molecule has 0 saturated heterocycles. The molecule has 1 aliphatic rings. The van der Waals surface area contributed by atoms with E-state index < -0.39 is 42.0 Å². The lowest BCUT2D eigenvalue weighted by molar-refractivity contribution is -0.147. The number of aryl methyl sites for hydroxylation is 1. The van der Waals surface area contributed by atoms with Gasteiger partial charge in [0.15, 0.2) is 6.61 Å². The number of benzene rings is 3. The average molecular weight is 525 g/mol. The van der Waals surface area contributed by atoms with E-state index in [4.69, 9.17) is 4.74 Å². The summed E-state index contributed by atoms with van der Waals surface area (Å²) in [5, 5.41) is 0. The summed E-state index contributed by atoms with van der Waals surface area (Å²) in [6, 6.07) is 21.9. The zero-order valence-corrected chi connectivity index (χ0v) is 21.4. The number of halogens is 1. The normalized spacial score (nSPS) is 13.4. The minimum Gasteiger partial charge on any atom is -0.456 e. The molecule has 0 N–H and O–H groups in total. The van der Waals surface area contributed by atoms with Crippen molar-refractivity contribution in [1.82, 2.24) is 9.47 Å². The van der Waals surface area contributed by atoms with Gasteiger partial charge in [-0.15, -0.1) is 0 Å². The highest BCUT2D eigenvalue weighted by Gasteiger charge is 2.43. The summed E-state index contributed by atoms with van der Waals surface area (Å²) in [7, 11) is 0. The molecule has 0 unspecified atom stereocenters. The lowest BCUT2D eigenvalue weighted by Crippen LogP contribution is -2.47. The lowest BCUT2D eigenvalue weighted by Gasteiger charge is -2.24. The van der Waals surface area contributed by atoms with Crippen LogP contribution < -0.4 is 0 Å². The van der Waals surface area contributed by atoms with Crippen LogP contribution in [0.25, 0.3) is 5.69 Å². The predicted molar refractivity (Wildman–Crippen MR) is 141 cm³/mol. The van der Waals surface area contributed by atoms with Crippen molar-refractivity contribution in [2.45, 2.75) is 26.3 Å². The van der Waals surface area contributed by atoms with Crippen molar-refractivity contribution in [3.8, 4) is 5.69 Å². The number of rotatable bonds is 8. The second-order valence-electron chi connectivity index (χ2n) is 9.33. The molecule has 0 saturated carbocycles. The molecule has 0 spiro atoms. The van der Waals surface area contributed by atoms with Gasteiger partial charge in [-0.05, 0) is 49.7 Å². The number of ether oxygens (including phenoxy) is 1. The van der Waals surface area contributed by atoms with Crippen molar-refractivity contribution in [2.24, 2.45) is 0 Å². The Hall–Kier alpha value is -4.85. The Morgan fingerprint density at radius 3 is 2.08 bits per heavy atom. The molecule has 3 aromatic carbocycles. The Balaban J connectivity index is 1.38. The number of carbonyl (C=O) groups excluding carboxylic acids is 4. The summed E-state index contributed by atoms with van der Waals surface area (Å²) >= 11 is 0. The van der Waals surface area contributed by atoms with E-state index in [1.165, 1.54) is 18.2 Å². The van der Waals surface area contributed by atoms with Crippen molar-refractivity contribution >= 4 is 23.6 Å². The molecule has 5 rings (SSSR count). The number of esters is 1. The quantitative estimate of drug-likeness (QED) is 0.187. The monoisotopic (exact) mass is 524 g/mol. The number of ketones is 1. The Labute approximate surface area is 224 Å². The number of nitrogens with zero attached hydrogens (tertiary/aromatic N) is 2. The Bertz CT molecular complexity index is 1570. The second-order valence-corrected chi connectivity index (χ2v) is 9.33. The summed E-state index contributed by atoms with van der Waals surface area (Å²) in [5.41, 5.74) is 2.87. The highest BCUT2D eigenvalue weighted by Crippen LogP contribution is 2.27. The molecule has 2 heterocycles. The van der Waals surface area contributed by atoms with Crippen LogP contribution in [0.4, 0.5) is 4.39 Å². The predicted octanol–water partition coefficient (Wildman–Crippen LogP) is 4.87. The molecule has 7 nitrogen and oxygen atoms in total. The largest absolute Gasteiger partial charge is 0.456 e. The maximum Gasteiger partial charge on any atom is 0.330 e. The molecule has 39 heavy (non-hydrogen) atoms. The third-order valence-electron chi connectivity index (χ3n) is 6.85. The van der Waals surface area contributed by atoms with Crippen LogP contribution in [-0.2, 0) is 16.0 Å². The highest BCUT2D eigenvalue weighted by atomic mass is 19.1. The lowest BCUT2D eigenvalue weighted by atomic mass is 10.0. The molecule has 0 bridgehead atoms. The van der Waals surface area contributed by atoms with E-state index in [0.717, 1.165) is 10.5 Å². The SMILES string of the molecule is Cc1cc(C(=O)COC(=O)[C@H](Cc2ccccc2)N2C(=O)c3ccccc3C2=O)c(C)n1-c1ccccc1F. The second kappa shape index (κ2) is 10.5. The van der Waals surface area contributed by atoms with Gasteiger partial charge in [0.05, 0.1) is 16.8 Å². The summed E-state index contributed by atoms with van der Waals surface area (Å²) in [6.45, 7) is 2.83. The first-order valence-electron chi connectivity index (χ1n) is 12.4. The van der Waals surface area contributed by atoms with Gasteiger partial charge in [0.1, 0.15) is 11.9 Å². The Kier molecular flexibility index (Phi) is 6.94. The van der Waals surface area contributed by atoms with E-state index >= 15 is 0 Å². The third kappa shape index (κ3) is 4.77. The Morgan fingerprint density at radius 1 is 0.846 bits per heavy atom. The molecule has 0 aliphatic carbocycles. The fraction of sp³-hybridized carbons (Fsp3) is 0.161. The molecule has 0 radical (unpaired) electrons. The average Bonchev–Trinajstić information content (AvgIpc) is 3.38. The number of para-hydroxylation sites is 1. The van der Waals surface area contributed by atoms with Crippen molar-refractivity contribution < 1.29 is 28.3 Å². The van der Waals surface area contributed by atoms with Gasteiger partial charge in [0.2, 0.25) is 5.78 Å². The van der Waals surface area contributed by atoms with Gasteiger partial charge in [-0.25, -0.2) is 9.18 Å². The minimum absolute atomic E-state index is 0.0289. The topological polar surface area (TPSA) is 85.7 Å². The third-order valence-corrected chi connectivity index (χ3v) is 6.85. The number of fused-ring (bicyclic) bond motifs is 1. The summed E-state index contributed by atoms with van der Waals surface area (Å²) in [4.78, 5) is 53.7. The first kappa shape index (κ1) is 25.8. The first-order chi connectivity index (χ1) is 18.8. The minimum atomic E-state index is -1.27. The molecule has 4 aromatic rings. The summed E-state index contributed by atoms with van der Waals surface area (Å²) < 4.78 is 21.5. The van der Waals surface area contributed by atoms with Crippen molar-refractivity contribution in [2.75, 3.05) is 6.61 Å². The van der Waals surface area contributed by atoms with Crippen LogP contribution in [-0.4, -0.2) is 45.7 Å². The number of amides is 2. The van der Waals surface area contributed by atoms with E-state index in [9.17, 15) is 23.6 Å². The number of imide groups is 1. The van der Waals surface area contributed by atoms with Gasteiger partial charge in [0.25, 0.3) is 11.8 Å². The van der Waals surface area contributed by atoms with Crippen LogP contribution in [0, 0.1) is 19.7 Å². The Morgan fingerprint density at radius 2 is 1.44 bits per heavy atom. The van der Waals surface area contributed by atoms with E-state index in [1.54, 1.807) is 79.1 Å². The molecule has 1 aromatic heterocycles. The van der Waals surface area contributed by atoms with E-state index in [-0.39, 0.29) is 23.1 Å². The molecular formula is C31H25FN2O5. The van der Waals surface area contributed by atoms with E-state index in [1.807, 2.05) is 6.07 Å². The number of Topliss-reactive ketones (excluding diaryl/α,β-unsaturated/α-hetero) is 1. The van der Waals surface area contributed by atoms with Crippen LogP contribution in [0.2, 0.25) is 0 Å². The highest BCUT2D eigenvalue weighted by molar-refractivity contribution is 6.22. The van der Waals surface area contributed by atoms with Crippen LogP contribution >= 0.6 is 0 Å².